The zero-order valence-electron chi connectivity index (χ0n) is 11.2. The average Bonchev–Trinajstić information content (AvgIpc) is 2.41. The number of piperidine rings is 1. The van der Waals surface area contributed by atoms with Gasteiger partial charge in [-0.05, 0) is 53.9 Å². The van der Waals surface area contributed by atoms with Crippen LogP contribution in [0.5, 0.6) is 0 Å². The van der Waals surface area contributed by atoms with Crippen molar-refractivity contribution in [1.82, 2.24) is 4.90 Å². The normalized spacial score (nSPS) is 22.6. The molecule has 1 fully saturated rings. The standard InChI is InChI=1S/C14H17BrN2O2S/c1-8-2-3-9(13(16)18)7-17(8)14(19)11-6-10(20)4-5-12(11)15/h4-6,8-9,20H,2-3,7H2,1H3,(H2,16,18). The number of halogens is 1. The second kappa shape index (κ2) is 6.18. The highest BCUT2D eigenvalue weighted by Crippen LogP contribution is 2.27. The lowest BCUT2D eigenvalue weighted by atomic mass is 9.92. The number of hydrogen-bond acceptors (Lipinski definition) is 3. The first-order chi connectivity index (χ1) is 9.40. The molecular formula is C14H17BrN2O2S. The Hall–Kier alpha value is -1.01. The van der Waals surface area contributed by atoms with Crippen molar-refractivity contribution in [2.45, 2.75) is 30.7 Å². The summed E-state index contributed by atoms with van der Waals surface area (Å²) in [6.07, 6.45) is 1.53. The highest BCUT2D eigenvalue weighted by atomic mass is 79.9. The van der Waals surface area contributed by atoms with Gasteiger partial charge in [0.15, 0.2) is 0 Å². The predicted octanol–water partition coefficient (Wildman–Crippen LogP) is 2.46. The third-order valence-corrected chi connectivity index (χ3v) is 4.70. The van der Waals surface area contributed by atoms with E-state index in [0.29, 0.717) is 12.1 Å². The van der Waals surface area contributed by atoms with E-state index in [9.17, 15) is 9.59 Å². The van der Waals surface area contributed by atoms with Gasteiger partial charge in [-0.2, -0.15) is 0 Å². The van der Waals surface area contributed by atoms with E-state index in [0.717, 1.165) is 22.2 Å². The van der Waals surface area contributed by atoms with Crippen LogP contribution in [0.25, 0.3) is 0 Å². The summed E-state index contributed by atoms with van der Waals surface area (Å²) < 4.78 is 0.730. The van der Waals surface area contributed by atoms with Crippen LogP contribution in [0.15, 0.2) is 27.6 Å². The second-order valence-electron chi connectivity index (χ2n) is 5.15. The molecule has 0 saturated carbocycles. The Morgan fingerprint density at radius 3 is 2.75 bits per heavy atom. The molecule has 1 saturated heterocycles. The molecular weight excluding hydrogens is 340 g/mol. The molecule has 2 rings (SSSR count). The maximum atomic E-state index is 12.7. The van der Waals surface area contributed by atoms with Crippen LogP contribution < -0.4 is 5.73 Å². The summed E-state index contributed by atoms with van der Waals surface area (Å²) in [7, 11) is 0. The predicted molar refractivity (Wildman–Crippen MR) is 83.8 cm³/mol. The molecule has 0 bridgehead atoms. The summed E-state index contributed by atoms with van der Waals surface area (Å²) in [6, 6.07) is 5.45. The zero-order chi connectivity index (χ0) is 14.9. The number of benzene rings is 1. The number of carbonyl (C=O) groups excluding carboxylic acids is 2. The molecule has 108 valence electrons. The minimum Gasteiger partial charge on any atom is -0.369 e. The Balaban J connectivity index is 2.26. The second-order valence-corrected chi connectivity index (χ2v) is 6.52. The lowest BCUT2D eigenvalue weighted by Crippen LogP contribution is -2.48. The minimum absolute atomic E-state index is 0.0915. The fourth-order valence-corrected chi connectivity index (χ4v) is 3.07. The van der Waals surface area contributed by atoms with Crippen LogP contribution in [0.1, 0.15) is 30.1 Å². The van der Waals surface area contributed by atoms with Crippen LogP contribution >= 0.6 is 28.6 Å². The Morgan fingerprint density at radius 1 is 1.40 bits per heavy atom. The lowest BCUT2D eigenvalue weighted by Gasteiger charge is -2.37. The monoisotopic (exact) mass is 356 g/mol. The molecule has 1 aliphatic rings. The molecule has 6 heteroatoms. The number of primary amides is 1. The number of amides is 2. The van der Waals surface area contributed by atoms with Crippen molar-refractivity contribution < 1.29 is 9.59 Å². The summed E-state index contributed by atoms with van der Waals surface area (Å²) in [5, 5.41) is 0. The van der Waals surface area contributed by atoms with Gasteiger partial charge >= 0.3 is 0 Å². The van der Waals surface area contributed by atoms with Crippen LogP contribution in [0.2, 0.25) is 0 Å². The van der Waals surface area contributed by atoms with Gasteiger partial charge in [-0.15, -0.1) is 12.6 Å². The van der Waals surface area contributed by atoms with E-state index in [-0.39, 0.29) is 23.8 Å². The number of thiol groups is 1. The van der Waals surface area contributed by atoms with Crippen molar-refractivity contribution in [3.63, 3.8) is 0 Å². The number of carbonyl (C=O) groups is 2. The highest BCUT2D eigenvalue weighted by Gasteiger charge is 2.32. The van der Waals surface area contributed by atoms with Gasteiger partial charge in [0.25, 0.3) is 5.91 Å². The highest BCUT2D eigenvalue weighted by molar-refractivity contribution is 9.10. The molecule has 20 heavy (non-hydrogen) atoms. The van der Waals surface area contributed by atoms with Crippen LogP contribution in [-0.4, -0.2) is 29.3 Å². The Morgan fingerprint density at radius 2 is 2.10 bits per heavy atom. The molecule has 1 aromatic carbocycles. The number of rotatable bonds is 2. The fourth-order valence-electron chi connectivity index (χ4n) is 2.45. The molecule has 0 aliphatic carbocycles. The van der Waals surface area contributed by atoms with Crippen molar-refractivity contribution in [2.75, 3.05) is 6.54 Å². The maximum absolute atomic E-state index is 12.7. The molecule has 1 aliphatic heterocycles. The van der Waals surface area contributed by atoms with Crippen molar-refractivity contribution in [2.24, 2.45) is 11.7 Å². The molecule has 2 N–H and O–H groups in total. The number of nitrogens with two attached hydrogens (primary N) is 1. The third-order valence-electron chi connectivity index (χ3n) is 3.73. The van der Waals surface area contributed by atoms with Crippen LogP contribution in [0, 0.1) is 5.92 Å². The van der Waals surface area contributed by atoms with Crippen molar-refractivity contribution in [3.05, 3.63) is 28.2 Å². The largest absolute Gasteiger partial charge is 0.369 e. The fraction of sp³-hybridized carbons (Fsp3) is 0.429. The van der Waals surface area contributed by atoms with Gasteiger partial charge in [0.1, 0.15) is 0 Å². The lowest BCUT2D eigenvalue weighted by molar-refractivity contribution is -0.123. The van der Waals surface area contributed by atoms with E-state index in [4.69, 9.17) is 5.73 Å². The van der Waals surface area contributed by atoms with E-state index in [1.54, 1.807) is 17.0 Å². The van der Waals surface area contributed by atoms with E-state index >= 15 is 0 Å². The molecule has 1 heterocycles. The quantitative estimate of drug-likeness (QED) is 0.799. The smallest absolute Gasteiger partial charge is 0.255 e. The third kappa shape index (κ3) is 3.17. The zero-order valence-corrected chi connectivity index (χ0v) is 13.7. The van der Waals surface area contributed by atoms with Crippen molar-refractivity contribution >= 4 is 40.4 Å². The van der Waals surface area contributed by atoms with E-state index in [1.165, 1.54) is 0 Å². The number of hydrogen-bond donors (Lipinski definition) is 2. The molecule has 2 amide bonds. The Kier molecular flexibility index (Phi) is 4.75. The molecule has 1 aromatic rings. The van der Waals surface area contributed by atoms with Crippen LogP contribution in [-0.2, 0) is 4.79 Å². The SMILES string of the molecule is CC1CCC(C(N)=O)CN1C(=O)c1cc(S)ccc1Br. The van der Waals surface area contributed by atoms with Crippen LogP contribution in [0.3, 0.4) is 0 Å². The maximum Gasteiger partial charge on any atom is 0.255 e. The van der Waals surface area contributed by atoms with Gasteiger partial charge in [-0.1, -0.05) is 0 Å². The van der Waals surface area contributed by atoms with E-state index < -0.39 is 0 Å². The van der Waals surface area contributed by atoms with E-state index in [2.05, 4.69) is 28.6 Å². The summed E-state index contributed by atoms with van der Waals surface area (Å²) in [4.78, 5) is 26.5. The molecule has 0 radical (unpaired) electrons. The topological polar surface area (TPSA) is 63.4 Å². The van der Waals surface area contributed by atoms with Crippen molar-refractivity contribution in [1.29, 1.82) is 0 Å². The first-order valence-corrected chi connectivity index (χ1v) is 7.73. The van der Waals surface area contributed by atoms with Gasteiger partial charge in [-0.3, -0.25) is 9.59 Å². The number of likely N-dealkylation sites (tertiary alicyclic amines) is 1. The van der Waals surface area contributed by atoms with Gasteiger partial charge < -0.3 is 10.6 Å². The average molecular weight is 357 g/mol. The first kappa shape index (κ1) is 15.4. The summed E-state index contributed by atoms with van der Waals surface area (Å²) in [5.74, 6) is -0.684. The minimum atomic E-state index is -0.336. The van der Waals surface area contributed by atoms with E-state index in [1.807, 2.05) is 13.0 Å². The molecule has 2 unspecified atom stereocenters. The summed E-state index contributed by atoms with van der Waals surface area (Å²) in [5.41, 5.74) is 5.93. The summed E-state index contributed by atoms with van der Waals surface area (Å²) >= 11 is 7.66. The molecule has 4 nitrogen and oxygen atoms in total. The molecule has 0 aromatic heterocycles. The molecule has 2 atom stereocenters. The van der Waals surface area contributed by atoms with Gasteiger partial charge in [0.2, 0.25) is 5.91 Å². The van der Waals surface area contributed by atoms with Gasteiger partial charge in [-0.25, -0.2) is 0 Å². The Bertz CT molecular complexity index is 550. The first-order valence-electron chi connectivity index (χ1n) is 6.49. The van der Waals surface area contributed by atoms with Gasteiger partial charge in [0, 0.05) is 22.0 Å². The number of nitrogens with zero attached hydrogens (tertiary/aromatic N) is 1. The van der Waals surface area contributed by atoms with Crippen molar-refractivity contribution in [3.8, 4) is 0 Å². The Labute approximate surface area is 132 Å². The van der Waals surface area contributed by atoms with Gasteiger partial charge in [0.05, 0.1) is 11.5 Å². The summed E-state index contributed by atoms with van der Waals surface area (Å²) in [6.45, 7) is 2.38. The molecule has 0 spiro atoms. The van der Waals surface area contributed by atoms with Crippen LogP contribution in [0.4, 0.5) is 0 Å².